The van der Waals surface area contributed by atoms with Crippen LogP contribution in [-0.4, -0.2) is 45.6 Å². The maximum Gasteiger partial charge on any atom is 0.291 e. The number of hydrogen-bond donors (Lipinski definition) is 2. The zero-order valence-corrected chi connectivity index (χ0v) is 12.7. The minimum absolute atomic E-state index is 0. The lowest BCUT2D eigenvalue weighted by Gasteiger charge is -2.01. The van der Waals surface area contributed by atoms with Crippen molar-refractivity contribution in [2.24, 2.45) is 0 Å². The molecule has 0 unspecified atom stereocenters. The molecule has 0 radical (unpaired) electrons. The van der Waals surface area contributed by atoms with E-state index in [9.17, 15) is 4.79 Å². The van der Waals surface area contributed by atoms with Crippen molar-refractivity contribution in [1.29, 1.82) is 0 Å². The van der Waals surface area contributed by atoms with E-state index in [1.54, 1.807) is 12.4 Å². The molecule has 2 aromatic rings. The first-order valence-corrected chi connectivity index (χ1v) is 6.30. The smallest absolute Gasteiger partial charge is 0.291 e. The third kappa shape index (κ3) is 4.12. The Bertz CT molecular complexity index is 560. The minimum Gasteiger partial charge on any atom is -0.349 e. The molecule has 7 nitrogen and oxygen atoms in total. The van der Waals surface area contributed by atoms with Crippen LogP contribution in [0, 0.1) is 0 Å². The number of rotatable bonds is 5. The Labute approximate surface area is 124 Å². The van der Waals surface area contributed by atoms with Crippen molar-refractivity contribution in [3.05, 3.63) is 22.7 Å². The zero-order chi connectivity index (χ0) is 13.0. The number of hydrogen-bond acceptors (Lipinski definition) is 5. The van der Waals surface area contributed by atoms with Gasteiger partial charge in [0.2, 0.25) is 5.82 Å². The van der Waals surface area contributed by atoms with Crippen LogP contribution in [0.25, 0.3) is 5.78 Å². The quantitative estimate of drug-likeness (QED) is 0.774. The number of aromatic nitrogens is 4. The molecule has 0 aliphatic carbocycles. The van der Waals surface area contributed by atoms with Gasteiger partial charge in [0, 0.05) is 18.9 Å². The summed E-state index contributed by atoms with van der Waals surface area (Å²) in [6, 6.07) is 0. The fraction of sp³-hybridized carbons (Fsp3) is 0.400. The van der Waals surface area contributed by atoms with E-state index in [4.69, 9.17) is 0 Å². The Hall–Kier alpha value is -1.25. The molecule has 19 heavy (non-hydrogen) atoms. The third-order valence-corrected chi connectivity index (χ3v) is 2.66. The molecule has 0 atom stereocenters. The molecule has 2 aromatic heterocycles. The van der Waals surface area contributed by atoms with Crippen LogP contribution in [0.2, 0.25) is 0 Å². The largest absolute Gasteiger partial charge is 0.349 e. The highest BCUT2D eigenvalue weighted by Crippen LogP contribution is 2.07. The Balaban J connectivity index is 0.00000180. The molecule has 2 rings (SSSR count). The van der Waals surface area contributed by atoms with E-state index in [1.807, 2.05) is 7.05 Å². The fourth-order valence-corrected chi connectivity index (χ4v) is 1.70. The van der Waals surface area contributed by atoms with Crippen LogP contribution in [0.3, 0.4) is 0 Å². The highest BCUT2D eigenvalue weighted by atomic mass is 79.9. The van der Waals surface area contributed by atoms with Crippen LogP contribution in [0.1, 0.15) is 17.0 Å². The van der Waals surface area contributed by atoms with Gasteiger partial charge in [-0.3, -0.25) is 4.79 Å². The second kappa shape index (κ2) is 7.37. The highest BCUT2D eigenvalue weighted by Gasteiger charge is 2.12. The van der Waals surface area contributed by atoms with Crippen LogP contribution < -0.4 is 10.6 Å². The van der Waals surface area contributed by atoms with E-state index in [0.717, 1.165) is 17.4 Å². The molecule has 0 aliphatic rings. The third-order valence-electron chi connectivity index (χ3n) is 2.25. The van der Waals surface area contributed by atoms with Gasteiger partial charge >= 0.3 is 0 Å². The van der Waals surface area contributed by atoms with E-state index in [0.29, 0.717) is 12.3 Å². The number of halogens is 2. The molecule has 2 N–H and O–H groups in total. The first kappa shape index (κ1) is 15.8. The molecule has 0 spiro atoms. The molecule has 9 heteroatoms. The van der Waals surface area contributed by atoms with Crippen LogP contribution >= 0.6 is 28.3 Å². The molecule has 1 amide bonds. The summed E-state index contributed by atoms with van der Waals surface area (Å²) in [5, 5.41) is 9.82. The monoisotopic (exact) mass is 348 g/mol. The summed E-state index contributed by atoms with van der Waals surface area (Å²) in [6.45, 7) is 1.44. The standard InChI is InChI=1S/C10H13BrN6O.ClH/c1-12-3-2-4-13-9(18)8-15-10-14-5-7(11)6-17(10)16-8;/h5-6,12H,2-4H2,1H3,(H,13,18);1H. The van der Waals surface area contributed by atoms with Crippen LogP contribution in [0.4, 0.5) is 0 Å². The first-order chi connectivity index (χ1) is 8.70. The molecule has 104 valence electrons. The van der Waals surface area contributed by atoms with Crippen molar-refractivity contribution in [1.82, 2.24) is 30.2 Å². The SMILES string of the molecule is CNCCCNC(=O)c1nc2ncc(Br)cn2n1.Cl. The molecule has 2 heterocycles. The molecular weight excluding hydrogens is 336 g/mol. The maximum absolute atomic E-state index is 11.8. The van der Waals surface area contributed by atoms with E-state index in [-0.39, 0.29) is 24.1 Å². The normalized spacial score (nSPS) is 10.2. The number of amides is 1. The molecule has 0 saturated carbocycles. The number of nitrogens with one attached hydrogen (secondary N) is 2. The van der Waals surface area contributed by atoms with Gasteiger partial charge in [0.05, 0.1) is 4.47 Å². The number of fused-ring (bicyclic) bond motifs is 1. The molecule has 0 bridgehead atoms. The van der Waals surface area contributed by atoms with Crippen LogP contribution in [0.5, 0.6) is 0 Å². The second-order valence-electron chi connectivity index (χ2n) is 3.67. The number of nitrogens with zero attached hydrogens (tertiary/aromatic N) is 4. The first-order valence-electron chi connectivity index (χ1n) is 5.51. The summed E-state index contributed by atoms with van der Waals surface area (Å²) in [4.78, 5) is 19.8. The van der Waals surface area contributed by atoms with Gasteiger partial charge in [-0.05, 0) is 35.9 Å². The molecule has 0 fully saturated rings. The van der Waals surface area contributed by atoms with E-state index in [2.05, 4.69) is 41.6 Å². The van der Waals surface area contributed by atoms with Crippen molar-refractivity contribution < 1.29 is 4.79 Å². The predicted octanol–water partition coefficient (Wildman–Crippen LogP) is 0.648. The van der Waals surface area contributed by atoms with E-state index in [1.165, 1.54) is 4.52 Å². The predicted molar refractivity (Wildman–Crippen MR) is 76.6 cm³/mol. The summed E-state index contributed by atoms with van der Waals surface area (Å²) < 4.78 is 2.24. The average Bonchev–Trinajstić information content (AvgIpc) is 2.77. The van der Waals surface area contributed by atoms with Crippen molar-refractivity contribution in [2.75, 3.05) is 20.1 Å². The number of carbonyl (C=O) groups is 1. The molecule has 0 aromatic carbocycles. The van der Waals surface area contributed by atoms with Crippen molar-refractivity contribution in [3.63, 3.8) is 0 Å². The zero-order valence-electron chi connectivity index (χ0n) is 10.3. The minimum atomic E-state index is -0.285. The van der Waals surface area contributed by atoms with Gasteiger partial charge in [0.25, 0.3) is 11.7 Å². The summed E-state index contributed by atoms with van der Waals surface area (Å²) in [6.07, 6.45) is 4.17. The summed E-state index contributed by atoms with van der Waals surface area (Å²) in [7, 11) is 1.87. The van der Waals surface area contributed by atoms with Crippen LogP contribution in [-0.2, 0) is 0 Å². The Morgan fingerprint density at radius 1 is 1.47 bits per heavy atom. The van der Waals surface area contributed by atoms with Gasteiger partial charge in [0.1, 0.15) is 0 Å². The summed E-state index contributed by atoms with van der Waals surface area (Å²) in [5.41, 5.74) is 0. The molecular formula is C10H14BrClN6O. The fourth-order valence-electron chi connectivity index (χ4n) is 1.40. The topological polar surface area (TPSA) is 84.2 Å². The van der Waals surface area contributed by atoms with Gasteiger partial charge in [0.15, 0.2) is 0 Å². The van der Waals surface area contributed by atoms with Crippen molar-refractivity contribution >= 4 is 40.0 Å². The van der Waals surface area contributed by atoms with Crippen molar-refractivity contribution in [3.8, 4) is 0 Å². The summed E-state index contributed by atoms with van der Waals surface area (Å²) in [5.74, 6) is 0.247. The van der Waals surface area contributed by atoms with E-state index >= 15 is 0 Å². The average molecular weight is 350 g/mol. The van der Waals surface area contributed by atoms with Gasteiger partial charge < -0.3 is 10.6 Å². The van der Waals surface area contributed by atoms with Gasteiger partial charge in [-0.2, -0.15) is 4.98 Å². The molecule has 0 saturated heterocycles. The van der Waals surface area contributed by atoms with Gasteiger partial charge in [-0.1, -0.05) is 0 Å². The Kier molecular flexibility index (Phi) is 6.13. The summed E-state index contributed by atoms with van der Waals surface area (Å²) >= 11 is 3.28. The van der Waals surface area contributed by atoms with Gasteiger partial charge in [-0.15, -0.1) is 17.5 Å². The molecule has 0 aliphatic heterocycles. The lowest BCUT2D eigenvalue weighted by atomic mass is 10.4. The second-order valence-corrected chi connectivity index (χ2v) is 4.58. The van der Waals surface area contributed by atoms with E-state index < -0.39 is 0 Å². The Morgan fingerprint density at radius 3 is 3.00 bits per heavy atom. The van der Waals surface area contributed by atoms with Crippen LogP contribution in [0.15, 0.2) is 16.9 Å². The number of carbonyl (C=O) groups excluding carboxylic acids is 1. The highest BCUT2D eigenvalue weighted by molar-refractivity contribution is 9.10. The Morgan fingerprint density at radius 2 is 2.26 bits per heavy atom. The lowest BCUT2D eigenvalue weighted by Crippen LogP contribution is -2.27. The maximum atomic E-state index is 11.8. The lowest BCUT2D eigenvalue weighted by molar-refractivity contribution is 0.0943. The van der Waals surface area contributed by atoms with Crippen molar-refractivity contribution in [2.45, 2.75) is 6.42 Å². The van der Waals surface area contributed by atoms with Gasteiger partial charge in [-0.25, -0.2) is 9.50 Å².